The molecule has 5 nitrogen and oxygen atoms in total. The van der Waals surface area contributed by atoms with Crippen LogP contribution in [0.2, 0.25) is 0 Å². The van der Waals surface area contributed by atoms with Gasteiger partial charge in [-0.05, 0) is 208 Å². The maximum atomic E-state index is 9.65. The van der Waals surface area contributed by atoms with Crippen LogP contribution in [0.1, 0.15) is 112 Å². The molecule has 3 aromatic heterocycles. The Morgan fingerprint density at radius 2 is 0.745 bits per heavy atom. The average molecular weight is 1370 g/mol. The van der Waals surface area contributed by atoms with Gasteiger partial charge in [-0.2, -0.15) is 0 Å². The number of hydrogen-bond acceptors (Lipinski definition) is 3. The van der Waals surface area contributed by atoms with Crippen molar-refractivity contribution < 1.29 is 11.3 Å². The van der Waals surface area contributed by atoms with Crippen molar-refractivity contribution >= 4 is 123 Å². The van der Waals surface area contributed by atoms with Gasteiger partial charge in [-0.15, -0.1) is 0 Å². The molecule has 0 bridgehead atoms. The first-order chi connectivity index (χ1) is 53.2. The van der Waals surface area contributed by atoms with Crippen LogP contribution in [0.15, 0.2) is 302 Å². The van der Waals surface area contributed by atoms with Gasteiger partial charge in [0.2, 0.25) is 0 Å². The lowest BCUT2D eigenvalue weighted by molar-refractivity contribution is 0.590. The average Bonchev–Trinajstić information content (AvgIpc) is 1.57. The van der Waals surface area contributed by atoms with Gasteiger partial charge in [0.1, 0.15) is 11.2 Å². The fraction of sp³-hybridized carbons (Fsp3) is 0.160. The number of benzene rings is 14. The van der Waals surface area contributed by atoms with Crippen molar-refractivity contribution in [2.45, 2.75) is 105 Å². The van der Waals surface area contributed by atoms with E-state index < -0.39 is 24.8 Å². The largest absolute Gasteiger partial charge is 0.456 e. The molecule has 0 amide bonds. The number of furan rings is 1. The van der Waals surface area contributed by atoms with Gasteiger partial charge in [-0.1, -0.05) is 277 Å². The van der Waals surface area contributed by atoms with E-state index in [1.54, 1.807) is 0 Å². The zero-order valence-corrected chi connectivity index (χ0v) is 62.2. The Morgan fingerprint density at radius 3 is 1.37 bits per heavy atom. The molecule has 0 fully saturated rings. The molecule has 0 saturated carbocycles. The van der Waals surface area contributed by atoms with Crippen LogP contribution in [0.3, 0.4) is 0 Å². The standard InChI is InChI=1S/C100H85BN4O/c1-97(2,3)70-40-44-74(45-41-70)102-82-37-24-22-35-76(82)94-87(102)53-67(63-29-18-14-19-30-63)54-88(94)105-86-61-75(103-83-49-42-72(99(7,8)9)59-78(83)79-60-73(100(10,11)12)43-50-84(79)103)46-48-81(86)101-80-47-39-66(62-27-16-13-17-28-62)52-85(80)104(90-56-68(57-91(105)96(90)101)65-33-26-34-71(51-65)98(4,5)6)89-55-69(64-31-20-15-21-32-64)58-93-95(89)77-36-23-25-38-92(77)106-93/h13-61H,1-12H3/i13D,16D,17D,27D,28D. The summed E-state index contributed by atoms with van der Waals surface area (Å²) in [7, 11) is 0. The second kappa shape index (κ2) is 23.8. The highest BCUT2D eigenvalue weighted by Gasteiger charge is 2.46. The number of anilines is 6. The van der Waals surface area contributed by atoms with E-state index in [1.165, 1.54) is 33.0 Å². The number of aromatic nitrogens is 2. The number of fused-ring (bicyclic) bond motifs is 13. The summed E-state index contributed by atoms with van der Waals surface area (Å²) in [6.07, 6.45) is 0. The van der Waals surface area contributed by atoms with Crippen LogP contribution in [0.25, 0.3) is 121 Å². The third-order valence-corrected chi connectivity index (χ3v) is 22.6. The number of nitrogens with zero attached hydrogens (tertiary/aromatic N) is 4. The molecule has 5 heterocycles. The summed E-state index contributed by atoms with van der Waals surface area (Å²) < 4.78 is 58.5. The fourth-order valence-corrected chi connectivity index (χ4v) is 17.0. The Hall–Kier alpha value is -11.9. The van der Waals surface area contributed by atoms with Gasteiger partial charge in [-0.25, -0.2) is 0 Å². The summed E-state index contributed by atoms with van der Waals surface area (Å²) in [6.45, 7) is 27.0. The Morgan fingerprint density at radius 1 is 0.283 bits per heavy atom. The van der Waals surface area contributed by atoms with Crippen molar-refractivity contribution in [3.8, 4) is 55.9 Å². The van der Waals surface area contributed by atoms with E-state index in [-0.39, 0.29) is 39.3 Å². The van der Waals surface area contributed by atoms with Crippen molar-refractivity contribution in [2.24, 2.45) is 0 Å². The Labute approximate surface area is 629 Å². The highest BCUT2D eigenvalue weighted by molar-refractivity contribution is 7.00. The quantitative estimate of drug-likeness (QED) is 0.142. The van der Waals surface area contributed by atoms with E-state index in [4.69, 9.17) is 8.53 Å². The molecule has 0 radical (unpaired) electrons. The molecule has 6 heteroatoms. The van der Waals surface area contributed by atoms with Crippen LogP contribution in [-0.2, 0) is 21.7 Å². The predicted molar refractivity (Wildman–Crippen MR) is 453 cm³/mol. The zero-order valence-electron chi connectivity index (χ0n) is 67.2. The number of para-hydroxylation sites is 2. The van der Waals surface area contributed by atoms with E-state index in [9.17, 15) is 2.74 Å². The molecule has 106 heavy (non-hydrogen) atoms. The summed E-state index contributed by atoms with van der Waals surface area (Å²) in [5, 5.41) is 6.44. The fourth-order valence-electron chi connectivity index (χ4n) is 17.0. The van der Waals surface area contributed by atoms with Gasteiger partial charge in [0.25, 0.3) is 6.71 Å². The van der Waals surface area contributed by atoms with E-state index in [0.717, 1.165) is 144 Å². The van der Waals surface area contributed by atoms with Crippen LogP contribution in [0, 0.1) is 0 Å². The summed E-state index contributed by atoms with van der Waals surface area (Å²) in [5.41, 5.74) is 27.8. The molecular formula is C100H85BN4O. The SMILES string of the molecule is [2H]c1c([2H])c([2H])c(-c2ccc3c(c2)N(c2cc(-c4ccccc4)cc4oc5ccccc5c24)c2cc(-c4cccc(C(C)(C)C)c4)cc4c2B3c2ccc(-n3c5ccc(C(C)(C)C)cc5c5cc(C(C)(C)C)ccc53)cc2N4c2cc(-c3ccccc3)cc3c2c2ccccc2n3-c2ccc(C(C)(C)C)cc2)c([2H])c1[2H]. The molecular weight excluding hydrogens is 1280 g/mol. The first-order valence-corrected chi connectivity index (χ1v) is 37.2. The molecule has 0 saturated heterocycles. The van der Waals surface area contributed by atoms with Crippen LogP contribution in [-0.4, -0.2) is 15.8 Å². The third kappa shape index (κ3) is 10.5. The van der Waals surface area contributed by atoms with Crippen molar-refractivity contribution in [3.05, 3.63) is 319 Å². The summed E-state index contributed by atoms with van der Waals surface area (Å²) in [5.74, 6) is 0. The lowest BCUT2D eigenvalue weighted by atomic mass is 9.33. The molecule has 2 aliphatic heterocycles. The van der Waals surface area contributed by atoms with Gasteiger partial charge in [0, 0.05) is 61.1 Å². The van der Waals surface area contributed by atoms with Gasteiger partial charge >= 0.3 is 0 Å². The molecule has 0 unspecified atom stereocenters. The summed E-state index contributed by atoms with van der Waals surface area (Å²) in [4.78, 5) is 5.05. The lowest BCUT2D eigenvalue weighted by Gasteiger charge is -2.45. The van der Waals surface area contributed by atoms with Crippen LogP contribution >= 0.6 is 0 Å². The van der Waals surface area contributed by atoms with Crippen molar-refractivity contribution in [3.63, 3.8) is 0 Å². The van der Waals surface area contributed by atoms with Crippen molar-refractivity contribution in [2.75, 3.05) is 9.80 Å². The second-order valence-electron chi connectivity index (χ2n) is 33.4. The monoisotopic (exact) mass is 1370 g/mol. The molecule has 0 N–H and O–H groups in total. The molecule has 0 spiro atoms. The normalized spacial score (nSPS) is 13.9. The van der Waals surface area contributed by atoms with E-state index in [1.807, 2.05) is 24.3 Å². The molecule has 14 aromatic carbocycles. The van der Waals surface area contributed by atoms with Crippen LogP contribution < -0.4 is 26.2 Å². The van der Waals surface area contributed by atoms with Gasteiger partial charge in [-0.3, -0.25) is 0 Å². The Balaban J connectivity index is 1.01. The topological polar surface area (TPSA) is 29.5 Å². The predicted octanol–water partition coefficient (Wildman–Crippen LogP) is 25.7. The summed E-state index contributed by atoms with van der Waals surface area (Å²) in [6, 6.07) is 96.8. The second-order valence-corrected chi connectivity index (χ2v) is 33.4. The minimum atomic E-state index is -0.461. The van der Waals surface area contributed by atoms with E-state index >= 15 is 0 Å². The van der Waals surface area contributed by atoms with E-state index in [0.29, 0.717) is 11.1 Å². The molecule has 19 rings (SSSR count). The maximum absolute atomic E-state index is 9.65. The minimum absolute atomic E-state index is 0.0667. The van der Waals surface area contributed by atoms with Crippen LogP contribution in [0.5, 0.6) is 0 Å². The first kappa shape index (κ1) is 59.5. The molecule has 514 valence electrons. The third-order valence-electron chi connectivity index (χ3n) is 22.6. The minimum Gasteiger partial charge on any atom is -0.456 e. The van der Waals surface area contributed by atoms with Crippen LogP contribution in [0.4, 0.5) is 34.1 Å². The molecule has 0 atom stereocenters. The Bertz CT molecular complexity index is 6660. The maximum Gasteiger partial charge on any atom is 0.252 e. The zero-order chi connectivity index (χ0) is 76.8. The Kier molecular flexibility index (Phi) is 13.4. The lowest BCUT2D eigenvalue weighted by Crippen LogP contribution is -2.61. The number of hydrogen-bond donors (Lipinski definition) is 0. The van der Waals surface area contributed by atoms with E-state index in [2.05, 4.69) is 345 Å². The van der Waals surface area contributed by atoms with Gasteiger partial charge in [0.05, 0.1) is 45.7 Å². The van der Waals surface area contributed by atoms with Crippen molar-refractivity contribution in [1.29, 1.82) is 0 Å². The highest BCUT2D eigenvalue weighted by Crippen LogP contribution is 2.54. The molecule has 2 aliphatic rings. The van der Waals surface area contributed by atoms with Crippen molar-refractivity contribution in [1.82, 2.24) is 9.13 Å². The first-order valence-electron chi connectivity index (χ1n) is 39.7. The highest BCUT2D eigenvalue weighted by atomic mass is 16.3. The molecule has 17 aromatic rings. The molecule has 0 aliphatic carbocycles. The van der Waals surface area contributed by atoms with Gasteiger partial charge < -0.3 is 23.4 Å². The smallest absolute Gasteiger partial charge is 0.252 e. The summed E-state index contributed by atoms with van der Waals surface area (Å²) >= 11 is 0. The van der Waals surface area contributed by atoms with Gasteiger partial charge in [0.15, 0.2) is 0 Å². The number of rotatable bonds is 8.